The van der Waals surface area contributed by atoms with Gasteiger partial charge in [0.2, 0.25) is 5.91 Å². The molecule has 164 valence electrons. The van der Waals surface area contributed by atoms with Crippen LogP contribution in [0.25, 0.3) is 10.9 Å². The molecule has 6 nitrogen and oxygen atoms in total. The number of pyridine rings is 1. The summed E-state index contributed by atoms with van der Waals surface area (Å²) in [7, 11) is 1.99. The molecule has 0 aliphatic carbocycles. The first kappa shape index (κ1) is 21.4. The smallest absolute Gasteiger partial charge is 0.370 e. The van der Waals surface area contributed by atoms with Crippen LogP contribution in [0.2, 0.25) is 0 Å². The molecule has 4 rings (SSSR count). The number of hydrogen-bond acceptors (Lipinski definition) is 5. The van der Waals surface area contributed by atoms with Crippen LogP contribution in [0.4, 0.5) is 18.9 Å². The quantitative estimate of drug-likeness (QED) is 0.809. The number of rotatable bonds is 3. The van der Waals surface area contributed by atoms with E-state index < -0.39 is 23.9 Å². The second kappa shape index (κ2) is 8.35. The fourth-order valence-electron chi connectivity index (χ4n) is 4.58. The minimum atomic E-state index is -4.48. The first-order chi connectivity index (χ1) is 14.8. The molecule has 1 aromatic carbocycles. The third-order valence-corrected chi connectivity index (χ3v) is 6.35. The molecule has 0 saturated carbocycles. The predicted molar refractivity (Wildman–Crippen MR) is 110 cm³/mol. The fourth-order valence-corrected chi connectivity index (χ4v) is 4.58. The number of piperidine rings is 1. The molecule has 2 fully saturated rings. The van der Waals surface area contributed by atoms with E-state index in [1.807, 2.05) is 7.05 Å². The van der Waals surface area contributed by atoms with Crippen molar-refractivity contribution in [3.05, 3.63) is 36.0 Å². The average molecular weight is 431 g/mol. The third kappa shape index (κ3) is 4.30. The average Bonchev–Trinajstić information content (AvgIpc) is 3.20. The predicted octanol–water partition coefficient (Wildman–Crippen LogP) is 2.93. The number of fused-ring (bicyclic) bond motifs is 1. The SMILES string of the molecule is CN1CCC(NC(=O)[C@H]2CN(c3ccc(C#N)c4ncccc34)CC2C(F)(F)F)CC1. The number of hydrogen-bond donors (Lipinski definition) is 1. The van der Waals surface area contributed by atoms with Crippen LogP contribution in [0.15, 0.2) is 30.5 Å². The number of aromatic nitrogens is 1. The molecule has 1 unspecified atom stereocenters. The van der Waals surface area contributed by atoms with Gasteiger partial charge in [0.15, 0.2) is 0 Å². The number of carbonyl (C=O) groups is 1. The van der Waals surface area contributed by atoms with Crippen molar-refractivity contribution in [3.8, 4) is 6.07 Å². The highest BCUT2D eigenvalue weighted by molar-refractivity contribution is 5.95. The van der Waals surface area contributed by atoms with Crippen LogP contribution in [0.1, 0.15) is 18.4 Å². The summed E-state index contributed by atoms with van der Waals surface area (Å²) in [4.78, 5) is 20.9. The highest BCUT2D eigenvalue weighted by Gasteiger charge is 2.52. The first-order valence-corrected chi connectivity index (χ1v) is 10.4. The molecule has 2 aliphatic rings. The molecule has 1 N–H and O–H groups in total. The van der Waals surface area contributed by atoms with Crippen molar-refractivity contribution in [1.82, 2.24) is 15.2 Å². The van der Waals surface area contributed by atoms with Crippen LogP contribution in [-0.2, 0) is 4.79 Å². The molecule has 2 atom stereocenters. The van der Waals surface area contributed by atoms with Crippen molar-refractivity contribution in [2.75, 3.05) is 38.1 Å². The Balaban J connectivity index is 1.60. The van der Waals surface area contributed by atoms with Gasteiger partial charge in [0, 0.05) is 36.4 Å². The molecule has 2 aliphatic heterocycles. The van der Waals surface area contributed by atoms with E-state index in [9.17, 15) is 23.2 Å². The number of nitriles is 1. The molecule has 1 aromatic heterocycles. The summed E-state index contributed by atoms with van der Waals surface area (Å²) in [6.45, 7) is 1.30. The van der Waals surface area contributed by atoms with E-state index in [2.05, 4.69) is 21.3 Å². The van der Waals surface area contributed by atoms with E-state index in [4.69, 9.17) is 0 Å². The molecular formula is C22H24F3N5O. The van der Waals surface area contributed by atoms with Gasteiger partial charge < -0.3 is 15.1 Å². The number of benzene rings is 1. The minimum Gasteiger partial charge on any atom is -0.370 e. The van der Waals surface area contributed by atoms with Crippen molar-refractivity contribution >= 4 is 22.5 Å². The van der Waals surface area contributed by atoms with Gasteiger partial charge in [-0.25, -0.2) is 0 Å². The summed E-state index contributed by atoms with van der Waals surface area (Å²) >= 11 is 0. The van der Waals surface area contributed by atoms with Crippen LogP contribution >= 0.6 is 0 Å². The Morgan fingerprint density at radius 1 is 1.23 bits per heavy atom. The van der Waals surface area contributed by atoms with Gasteiger partial charge in [-0.15, -0.1) is 0 Å². The lowest BCUT2D eigenvalue weighted by molar-refractivity contribution is -0.182. The zero-order valence-electron chi connectivity index (χ0n) is 17.2. The molecule has 1 amide bonds. The number of carbonyl (C=O) groups excluding carboxylic acids is 1. The fraction of sp³-hybridized carbons (Fsp3) is 0.500. The maximum Gasteiger partial charge on any atom is 0.394 e. The molecule has 0 radical (unpaired) electrons. The second-order valence-electron chi connectivity index (χ2n) is 8.39. The van der Waals surface area contributed by atoms with E-state index in [1.165, 1.54) is 0 Å². The molecule has 31 heavy (non-hydrogen) atoms. The lowest BCUT2D eigenvalue weighted by Crippen LogP contribution is -2.48. The van der Waals surface area contributed by atoms with Gasteiger partial charge in [-0.1, -0.05) is 0 Å². The van der Waals surface area contributed by atoms with Gasteiger partial charge in [-0.05, 0) is 57.2 Å². The molecule has 9 heteroatoms. The van der Waals surface area contributed by atoms with Crippen molar-refractivity contribution in [2.45, 2.75) is 25.1 Å². The highest BCUT2D eigenvalue weighted by atomic mass is 19.4. The van der Waals surface area contributed by atoms with E-state index in [0.717, 1.165) is 25.9 Å². The van der Waals surface area contributed by atoms with E-state index >= 15 is 0 Å². The maximum absolute atomic E-state index is 13.9. The molecule has 3 heterocycles. The monoisotopic (exact) mass is 431 g/mol. The number of alkyl halides is 3. The molecule has 2 saturated heterocycles. The highest BCUT2D eigenvalue weighted by Crippen LogP contribution is 2.41. The summed E-state index contributed by atoms with van der Waals surface area (Å²) in [5, 5.41) is 12.8. The van der Waals surface area contributed by atoms with Gasteiger partial charge in [0.05, 0.1) is 22.9 Å². The van der Waals surface area contributed by atoms with E-state index in [1.54, 1.807) is 35.4 Å². The summed E-state index contributed by atoms with van der Waals surface area (Å²) in [6.07, 6.45) is -1.46. The minimum absolute atomic E-state index is 0.0292. The summed E-state index contributed by atoms with van der Waals surface area (Å²) in [5.74, 6) is -3.46. The van der Waals surface area contributed by atoms with Crippen molar-refractivity contribution in [3.63, 3.8) is 0 Å². The first-order valence-electron chi connectivity index (χ1n) is 10.4. The molecule has 0 spiro atoms. The van der Waals surface area contributed by atoms with Gasteiger partial charge in [-0.2, -0.15) is 18.4 Å². The standard InChI is InChI=1S/C22H24F3N5O/c1-29-9-6-15(7-10-29)28-21(31)17-12-30(13-18(17)22(23,24)25)19-5-4-14(11-26)20-16(19)3-2-8-27-20/h2-5,8,15,17-18H,6-7,9-10,12-13H2,1H3,(H,28,31)/t17-,18?/m0/s1. The van der Waals surface area contributed by atoms with Crippen molar-refractivity contribution < 1.29 is 18.0 Å². The Morgan fingerprint density at radius 3 is 2.65 bits per heavy atom. The lowest BCUT2D eigenvalue weighted by Gasteiger charge is -2.31. The van der Waals surface area contributed by atoms with Crippen molar-refractivity contribution in [2.24, 2.45) is 11.8 Å². The summed E-state index contributed by atoms with van der Waals surface area (Å²) in [6, 6.07) is 8.62. The van der Waals surface area contributed by atoms with Crippen molar-refractivity contribution in [1.29, 1.82) is 5.26 Å². The zero-order chi connectivity index (χ0) is 22.2. The second-order valence-corrected chi connectivity index (χ2v) is 8.39. The summed E-state index contributed by atoms with van der Waals surface area (Å²) < 4.78 is 41.6. The Bertz CT molecular complexity index is 1010. The van der Waals surface area contributed by atoms with Gasteiger partial charge >= 0.3 is 6.18 Å². The van der Waals surface area contributed by atoms with Crippen LogP contribution in [0.3, 0.4) is 0 Å². The number of nitrogens with zero attached hydrogens (tertiary/aromatic N) is 4. The maximum atomic E-state index is 13.9. The normalized spacial score (nSPS) is 23.1. The largest absolute Gasteiger partial charge is 0.394 e. The van der Waals surface area contributed by atoms with Gasteiger partial charge in [0.25, 0.3) is 0 Å². The Morgan fingerprint density at radius 2 is 1.97 bits per heavy atom. The molecular weight excluding hydrogens is 407 g/mol. The number of halogens is 3. The number of anilines is 1. The topological polar surface area (TPSA) is 72.3 Å². The molecule has 2 aromatic rings. The Labute approximate surface area is 178 Å². The van der Waals surface area contributed by atoms with Gasteiger partial charge in [-0.3, -0.25) is 9.78 Å². The number of nitrogens with one attached hydrogen (secondary N) is 1. The van der Waals surface area contributed by atoms with Crippen LogP contribution in [-0.4, -0.2) is 61.2 Å². The Kier molecular flexibility index (Phi) is 5.75. The van der Waals surface area contributed by atoms with E-state index in [0.29, 0.717) is 22.2 Å². The van der Waals surface area contributed by atoms with Crippen LogP contribution < -0.4 is 10.2 Å². The number of likely N-dealkylation sites (tertiary alicyclic amines) is 1. The van der Waals surface area contributed by atoms with Crippen LogP contribution in [0.5, 0.6) is 0 Å². The van der Waals surface area contributed by atoms with E-state index in [-0.39, 0.29) is 19.1 Å². The lowest BCUT2D eigenvalue weighted by atomic mass is 9.93. The van der Waals surface area contributed by atoms with Crippen LogP contribution in [0, 0.1) is 23.2 Å². The van der Waals surface area contributed by atoms with Gasteiger partial charge in [0.1, 0.15) is 6.07 Å². The molecule has 0 bridgehead atoms. The zero-order valence-corrected chi connectivity index (χ0v) is 17.2. The number of amides is 1. The summed E-state index contributed by atoms with van der Waals surface area (Å²) in [5.41, 5.74) is 1.37. The third-order valence-electron chi connectivity index (χ3n) is 6.35. The Hall–Kier alpha value is -2.86.